The zero-order chi connectivity index (χ0) is 22.2. The molecule has 0 aliphatic rings. The van der Waals surface area contributed by atoms with E-state index in [9.17, 15) is 9.59 Å². The highest BCUT2D eigenvalue weighted by atomic mass is 16.4. The monoisotopic (exact) mass is 415 g/mol. The molecule has 0 unspecified atom stereocenters. The van der Waals surface area contributed by atoms with Crippen LogP contribution in [-0.4, -0.2) is 75.5 Å². The standard InChI is InChI=1S/C10H13NO4.C7H16N4O3/c12-6-11-9(10(14)15)5-7-1-3-8(13)4-2-7;8-7(9)10-3-1-2-5(6(13)14)11-4-12/h1-4,9,11-13H,5-6H2,(H,14,15);5,11-12H,1-4H2,(H,13,14)(H4,8,9,10)/t9-;5-/m00/s1. The second-order valence-corrected chi connectivity index (χ2v) is 5.83. The molecule has 0 bridgehead atoms. The maximum Gasteiger partial charge on any atom is 0.321 e. The molecule has 0 aliphatic heterocycles. The van der Waals surface area contributed by atoms with Crippen molar-refractivity contribution in [1.82, 2.24) is 10.6 Å². The van der Waals surface area contributed by atoms with Gasteiger partial charge in [0.05, 0.1) is 13.5 Å². The summed E-state index contributed by atoms with van der Waals surface area (Å²) in [7, 11) is 0. The summed E-state index contributed by atoms with van der Waals surface area (Å²) in [6, 6.07) is 4.70. The fourth-order valence-electron chi connectivity index (χ4n) is 2.15. The molecule has 1 aromatic carbocycles. The maximum absolute atomic E-state index is 10.7. The number of aliphatic imine (C=N–C) groups is 1. The van der Waals surface area contributed by atoms with Gasteiger partial charge in [0.15, 0.2) is 5.96 Å². The molecule has 29 heavy (non-hydrogen) atoms. The highest BCUT2D eigenvalue weighted by molar-refractivity contribution is 5.75. The number of nitrogens with zero attached hydrogens (tertiary/aromatic N) is 1. The van der Waals surface area contributed by atoms with Gasteiger partial charge in [-0.1, -0.05) is 12.1 Å². The fourth-order valence-corrected chi connectivity index (χ4v) is 2.15. The van der Waals surface area contributed by atoms with E-state index in [4.69, 9.17) is 37.0 Å². The van der Waals surface area contributed by atoms with Crippen LogP contribution < -0.4 is 22.1 Å². The molecule has 164 valence electrons. The zero-order valence-corrected chi connectivity index (χ0v) is 15.9. The van der Waals surface area contributed by atoms with Crippen LogP contribution in [0.4, 0.5) is 0 Å². The van der Waals surface area contributed by atoms with E-state index >= 15 is 0 Å². The van der Waals surface area contributed by atoms with Gasteiger partial charge >= 0.3 is 11.9 Å². The summed E-state index contributed by atoms with van der Waals surface area (Å²) in [5.74, 6) is -1.88. The number of aromatic hydroxyl groups is 1. The van der Waals surface area contributed by atoms with Crippen molar-refractivity contribution in [3.63, 3.8) is 0 Å². The van der Waals surface area contributed by atoms with E-state index in [0.29, 0.717) is 19.4 Å². The maximum atomic E-state index is 10.7. The number of guanidine groups is 1. The number of hydrogen-bond acceptors (Lipinski definition) is 8. The quantitative estimate of drug-likeness (QED) is 0.0782. The largest absolute Gasteiger partial charge is 0.508 e. The Bertz CT molecular complexity index is 636. The van der Waals surface area contributed by atoms with Gasteiger partial charge in [0.2, 0.25) is 0 Å². The van der Waals surface area contributed by atoms with E-state index in [1.54, 1.807) is 12.1 Å². The van der Waals surface area contributed by atoms with E-state index in [1.807, 2.05) is 0 Å². The molecule has 1 aromatic rings. The topological polar surface area (TPSA) is 224 Å². The van der Waals surface area contributed by atoms with E-state index in [-0.39, 0.29) is 31.6 Å². The average Bonchev–Trinajstić information content (AvgIpc) is 2.65. The minimum atomic E-state index is -1.02. The number of aliphatic hydroxyl groups excluding tert-OH is 2. The summed E-state index contributed by atoms with van der Waals surface area (Å²) in [6.07, 6.45) is 1.17. The number of phenols is 1. The fraction of sp³-hybridized carbons (Fsp3) is 0.471. The van der Waals surface area contributed by atoms with Crippen LogP contribution in [0.5, 0.6) is 5.75 Å². The molecule has 0 saturated carbocycles. The molecule has 0 saturated heterocycles. The van der Waals surface area contributed by atoms with Gasteiger partial charge in [0.1, 0.15) is 17.8 Å². The van der Waals surface area contributed by atoms with Crippen molar-refractivity contribution in [2.24, 2.45) is 16.5 Å². The van der Waals surface area contributed by atoms with Crippen LogP contribution in [-0.2, 0) is 16.0 Å². The van der Waals surface area contributed by atoms with Gasteiger partial charge in [0.25, 0.3) is 0 Å². The predicted molar refractivity (Wildman–Crippen MR) is 105 cm³/mol. The number of carboxylic acid groups (broad SMARTS) is 2. The van der Waals surface area contributed by atoms with Gasteiger partial charge in [-0.15, -0.1) is 0 Å². The van der Waals surface area contributed by atoms with Crippen molar-refractivity contribution < 1.29 is 35.1 Å². The zero-order valence-electron chi connectivity index (χ0n) is 15.9. The van der Waals surface area contributed by atoms with Crippen LogP contribution in [0.1, 0.15) is 18.4 Å². The minimum absolute atomic E-state index is 0.00741. The van der Waals surface area contributed by atoms with Crippen molar-refractivity contribution in [1.29, 1.82) is 0 Å². The number of carbonyl (C=O) groups is 2. The molecule has 0 radical (unpaired) electrons. The lowest BCUT2D eigenvalue weighted by molar-refractivity contribution is -0.140. The molecule has 1 rings (SSSR count). The SMILES string of the molecule is NC(N)=NCCC[C@H](NCO)C(=O)O.O=C(O)[C@H](Cc1ccc(O)cc1)NCO. The summed E-state index contributed by atoms with van der Waals surface area (Å²) in [4.78, 5) is 25.0. The number of phenolic OH excluding ortho intramolecular Hbond substituents is 1. The van der Waals surface area contributed by atoms with Crippen molar-refractivity contribution in [2.75, 3.05) is 20.0 Å². The van der Waals surface area contributed by atoms with Gasteiger partial charge in [0, 0.05) is 6.54 Å². The molecule has 0 aromatic heterocycles. The number of nitrogens with one attached hydrogen (secondary N) is 2. The lowest BCUT2D eigenvalue weighted by Crippen LogP contribution is -2.38. The van der Waals surface area contributed by atoms with Crippen LogP contribution in [0, 0.1) is 0 Å². The van der Waals surface area contributed by atoms with Gasteiger partial charge in [-0.2, -0.15) is 0 Å². The van der Waals surface area contributed by atoms with E-state index < -0.39 is 24.0 Å². The Kier molecular flexibility index (Phi) is 13.5. The minimum Gasteiger partial charge on any atom is -0.508 e. The Morgan fingerprint density at radius 1 is 0.966 bits per heavy atom. The number of aliphatic carboxylic acids is 2. The lowest BCUT2D eigenvalue weighted by Gasteiger charge is -2.12. The summed E-state index contributed by atoms with van der Waals surface area (Å²) < 4.78 is 0. The highest BCUT2D eigenvalue weighted by Gasteiger charge is 2.16. The van der Waals surface area contributed by atoms with E-state index in [0.717, 1.165) is 5.56 Å². The van der Waals surface area contributed by atoms with Gasteiger partial charge < -0.3 is 37.0 Å². The summed E-state index contributed by atoms with van der Waals surface area (Å²) >= 11 is 0. The van der Waals surface area contributed by atoms with Gasteiger partial charge in [-0.05, 0) is 37.0 Å². The third-order valence-corrected chi connectivity index (χ3v) is 3.59. The first-order valence-corrected chi connectivity index (χ1v) is 8.68. The molecular weight excluding hydrogens is 386 g/mol. The van der Waals surface area contributed by atoms with Crippen LogP contribution in [0.15, 0.2) is 29.3 Å². The van der Waals surface area contributed by atoms with Crippen LogP contribution in [0.3, 0.4) is 0 Å². The molecule has 0 fully saturated rings. The molecule has 0 spiro atoms. The number of benzene rings is 1. The Balaban J connectivity index is 0.000000543. The predicted octanol–water partition coefficient (Wildman–Crippen LogP) is -2.04. The molecule has 0 aliphatic carbocycles. The Morgan fingerprint density at radius 2 is 1.48 bits per heavy atom. The first kappa shape index (κ1) is 26.1. The van der Waals surface area contributed by atoms with Crippen molar-refractivity contribution in [3.8, 4) is 5.75 Å². The number of hydrogen-bond donors (Lipinski definition) is 9. The smallest absolute Gasteiger partial charge is 0.321 e. The molecule has 12 nitrogen and oxygen atoms in total. The van der Waals surface area contributed by atoms with E-state index in [1.165, 1.54) is 12.1 Å². The Labute approximate surface area is 167 Å². The van der Waals surface area contributed by atoms with Crippen molar-refractivity contribution in [3.05, 3.63) is 29.8 Å². The molecule has 2 atom stereocenters. The summed E-state index contributed by atoms with van der Waals surface area (Å²) in [6.45, 7) is -0.354. The van der Waals surface area contributed by atoms with Crippen molar-refractivity contribution >= 4 is 17.9 Å². The Morgan fingerprint density at radius 3 is 1.93 bits per heavy atom. The third-order valence-electron chi connectivity index (χ3n) is 3.59. The van der Waals surface area contributed by atoms with Crippen LogP contribution in [0.25, 0.3) is 0 Å². The number of aliphatic hydroxyl groups is 2. The second kappa shape index (κ2) is 15.0. The normalized spacial score (nSPS) is 12.2. The van der Waals surface area contributed by atoms with Crippen LogP contribution >= 0.6 is 0 Å². The molecule has 12 heteroatoms. The lowest BCUT2D eigenvalue weighted by atomic mass is 10.1. The first-order chi connectivity index (χ1) is 13.7. The average molecular weight is 415 g/mol. The molecule has 11 N–H and O–H groups in total. The molecular formula is C17H29N5O7. The second-order valence-electron chi connectivity index (χ2n) is 5.83. The van der Waals surface area contributed by atoms with Crippen LogP contribution in [0.2, 0.25) is 0 Å². The van der Waals surface area contributed by atoms with E-state index in [2.05, 4.69) is 15.6 Å². The Hall–Kier alpha value is -2.93. The molecule has 0 amide bonds. The first-order valence-electron chi connectivity index (χ1n) is 8.68. The highest BCUT2D eigenvalue weighted by Crippen LogP contribution is 2.11. The van der Waals surface area contributed by atoms with Gasteiger partial charge in [-0.25, -0.2) is 0 Å². The van der Waals surface area contributed by atoms with Crippen molar-refractivity contribution in [2.45, 2.75) is 31.3 Å². The third kappa shape index (κ3) is 13.0. The molecule has 0 heterocycles. The number of carboxylic acids is 2. The summed E-state index contributed by atoms with van der Waals surface area (Å²) in [5.41, 5.74) is 10.9. The number of rotatable bonds is 12. The van der Waals surface area contributed by atoms with Gasteiger partial charge in [-0.3, -0.25) is 25.2 Å². The summed E-state index contributed by atoms with van der Waals surface area (Å²) in [5, 5.41) is 48.4. The number of nitrogens with two attached hydrogens (primary N) is 2.